The molecule has 5 heteroatoms. The fourth-order valence-corrected chi connectivity index (χ4v) is 3.93. The monoisotopic (exact) mass is 332 g/mol. The molecule has 0 bridgehead atoms. The molecule has 25 heavy (non-hydrogen) atoms. The van der Waals surface area contributed by atoms with Gasteiger partial charge in [0.1, 0.15) is 11.2 Å². The Kier molecular flexibility index (Phi) is 3.36. The van der Waals surface area contributed by atoms with Crippen LogP contribution in [0.15, 0.2) is 42.5 Å². The first-order chi connectivity index (χ1) is 12.1. The lowest BCUT2D eigenvalue weighted by Gasteiger charge is -2.21. The lowest BCUT2D eigenvalue weighted by Crippen LogP contribution is -2.39. The van der Waals surface area contributed by atoms with Gasteiger partial charge in [-0.05, 0) is 37.1 Å². The second kappa shape index (κ2) is 5.45. The van der Waals surface area contributed by atoms with E-state index in [0.29, 0.717) is 42.0 Å². The third kappa shape index (κ3) is 2.07. The second-order valence-electron chi connectivity index (χ2n) is 6.44. The lowest BCUT2D eigenvalue weighted by molar-refractivity contribution is -0.123. The van der Waals surface area contributed by atoms with Gasteiger partial charge in [-0.3, -0.25) is 9.59 Å². The maximum Gasteiger partial charge on any atom is 0.241 e. The van der Waals surface area contributed by atoms with Gasteiger partial charge < -0.3 is 9.64 Å². The van der Waals surface area contributed by atoms with Crippen LogP contribution in [0.1, 0.15) is 27.9 Å². The molecule has 2 aromatic carbocycles. The fourth-order valence-electron chi connectivity index (χ4n) is 3.93. The molecule has 124 valence electrons. The van der Waals surface area contributed by atoms with E-state index in [0.717, 1.165) is 5.56 Å². The van der Waals surface area contributed by atoms with Gasteiger partial charge in [-0.25, -0.2) is 0 Å². The Morgan fingerprint density at radius 3 is 2.76 bits per heavy atom. The molecule has 1 aliphatic heterocycles. The number of carbonyl (C=O) groups is 2. The van der Waals surface area contributed by atoms with E-state index in [4.69, 9.17) is 10.00 Å². The molecule has 1 spiro atoms. The predicted molar refractivity (Wildman–Crippen MR) is 91.6 cm³/mol. The molecule has 1 atom stereocenters. The van der Waals surface area contributed by atoms with Crippen molar-refractivity contribution in [1.82, 2.24) is 0 Å². The number of hydrogen-bond acceptors (Lipinski definition) is 4. The molecule has 0 N–H and O–H groups in total. The average molecular weight is 332 g/mol. The third-order valence-electron chi connectivity index (χ3n) is 5.21. The molecular formula is C20H16N2O3. The van der Waals surface area contributed by atoms with Crippen LogP contribution in [0.2, 0.25) is 0 Å². The van der Waals surface area contributed by atoms with Crippen molar-refractivity contribution in [3.63, 3.8) is 0 Å². The summed E-state index contributed by atoms with van der Waals surface area (Å²) in [4.78, 5) is 27.9. The van der Waals surface area contributed by atoms with Crippen molar-refractivity contribution in [1.29, 1.82) is 5.26 Å². The Hall–Kier alpha value is -3.13. The standard InChI is InChI=1S/C20H16N2O3/c1-25-17-7-3-6-15-16(17)11-20(18(15)23)8-9-22(19(20)24)14-5-2-4-13(10-14)12-21/h2-7,10H,8-9,11H2,1H3. The molecule has 4 rings (SSSR count). The van der Waals surface area contributed by atoms with Crippen molar-refractivity contribution in [2.45, 2.75) is 12.8 Å². The molecule has 0 radical (unpaired) electrons. The van der Waals surface area contributed by atoms with Crippen LogP contribution in [0.5, 0.6) is 5.75 Å². The first-order valence-corrected chi connectivity index (χ1v) is 8.13. The number of anilines is 1. The summed E-state index contributed by atoms with van der Waals surface area (Å²) in [7, 11) is 1.57. The first kappa shape index (κ1) is 15.4. The van der Waals surface area contributed by atoms with E-state index in [1.165, 1.54) is 0 Å². The highest BCUT2D eigenvalue weighted by Gasteiger charge is 2.57. The molecular weight excluding hydrogens is 316 g/mol. The Labute approximate surface area is 145 Å². The molecule has 0 aromatic heterocycles. The Balaban J connectivity index is 1.73. The second-order valence-corrected chi connectivity index (χ2v) is 6.44. The van der Waals surface area contributed by atoms with Gasteiger partial charge in [0.15, 0.2) is 5.78 Å². The molecule has 0 saturated carbocycles. The smallest absolute Gasteiger partial charge is 0.241 e. The van der Waals surface area contributed by atoms with Crippen LogP contribution in [0.3, 0.4) is 0 Å². The van der Waals surface area contributed by atoms with E-state index in [2.05, 4.69) is 6.07 Å². The molecule has 2 aliphatic rings. The number of nitrogens with zero attached hydrogens (tertiary/aromatic N) is 2. The Morgan fingerprint density at radius 2 is 2.00 bits per heavy atom. The average Bonchev–Trinajstić information content (AvgIpc) is 3.13. The molecule has 1 unspecified atom stereocenters. The van der Waals surface area contributed by atoms with Gasteiger partial charge in [0, 0.05) is 23.4 Å². The topological polar surface area (TPSA) is 70.4 Å². The first-order valence-electron chi connectivity index (χ1n) is 8.13. The van der Waals surface area contributed by atoms with Crippen molar-refractivity contribution in [3.05, 3.63) is 59.2 Å². The number of methoxy groups -OCH3 is 1. The summed E-state index contributed by atoms with van der Waals surface area (Å²) in [5.74, 6) is 0.344. The van der Waals surface area contributed by atoms with Gasteiger partial charge in [0.25, 0.3) is 0 Å². The summed E-state index contributed by atoms with van der Waals surface area (Å²) in [5.41, 5.74) is 1.52. The number of amides is 1. The minimum absolute atomic E-state index is 0.120. The molecule has 1 amide bonds. The van der Waals surface area contributed by atoms with Crippen LogP contribution < -0.4 is 9.64 Å². The van der Waals surface area contributed by atoms with Crippen molar-refractivity contribution in [3.8, 4) is 11.8 Å². The number of Topliss-reactive ketones (excluding diaryl/α,β-unsaturated/α-hetero) is 1. The zero-order valence-corrected chi connectivity index (χ0v) is 13.8. The van der Waals surface area contributed by atoms with Crippen LogP contribution in [0.25, 0.3) is 0 Å². The van der Waals surface area contributed by atoms with E-state index < -0.39 is 5.41 Å². The zero-order valence-electron chi connectivity index (χ0n) is 13.8. The van der Waals surface area contributed by atoms with Crippen LogP contribution in [-0.2, 0) is 11.2 Å². The van der Waals surface area contributed by atoms with E-state index >= 15 is 0 Å². The Morgan fingerprint density at radius 1 is 1.20 bits per heavy atom. The van der Waals surface area contributed by atoms with E-state index in [9.17, 15) is 9.59 Å². The van der Waals surface area contributed by atoms with Gasteiger partial charge in [0.2, 0.25) is 5.91 Å². The highest BCUT2D eigenvalue weighted by molar-refractivity contribution is 6.22. The van der Waals surface area contributed by atoms with E-state index in [1.807, 2.05) is 6.07 Å². The summed E-state index contributed by atoms with van der Waals surface area (Å²) in [6.07, 6.45) is 0.845. The number of benzene rings is 2. The Bertz CT molecular complexity index is 944. The molecule has 2 aromatic rings. The van der Waals surface area contributed by atoms with Gasteiger partial charge in [0.05, 0.1) is 18.7 Å². The molecule has 1 saturated heterocycles. The van der Waals surface area contributed by atoms with Gasteiger partial charge in [-0.15, -0.1) is 0 Å². The largest absolute Gasteiger partial charge is 0.496 e. The SMILES string of the molecule is COc1cccc2c1CC1(CCN(c3cccc(C#N)c3)C1=O)C2=O. The van der Waals surface area contributed by atoms with E-state index in [-0.39, 0.29) is 11.7 Å². The van der Waals surface area contributed by atoms with Crippen LogP contribution in [0, 0.1) is 16.7 Å². The fraction of sp³-hybridized carbons (Fsp3) is 0.250. The summed E-state index contributed by atoms with van der Waals surface area (Å²) in [6.45, 7) is 0.468. The van der Waals surface area contributed by atoms with Crippen molar-refractivity contribution >= 4 is 17.4 Å². The number of hydrogen-bond donors (Lipinski definition) is 0. The third-order valence-corrected chi connectivity index (χ3v) is 5.21. The van der Waals surface area contributed by atoms with Crippen LogP contribution in [0.4, 0.5) is 5.69 Å². The quantitative estimate of drug-likeness (QED) is 0.793. The summed E-state index contributed by atoms with van der Waals surface area (Å²) in [5, 5.41) is 9.07. The zero-order chi connectivity index (χ0) is 17.6. The highest BCUT2D eigenvalue weighted by Crippen LogP contribution is 2.48. The highest BCUT2D eigenvalue weighted by atomic mass is 16.5. The molecule has 1 aliphatic carbocycles. The molecule has 5 nitrogen and oxygen atoms in total. The number of ketones is 1. The van der Waals surface area contributed by atoms with Crippen molar-refractivity contribution in [2.75, 3.05) is 18.6 Å². The number of nitriles is 1. The number of carbonyl (C=O) groups excluding carboxylic acids is 2. The predicted octanol–water partition coefficient (Wildman–Crippen LogP) is 2.73. The van der Waals surface area contributed by atoms with Gasteiger partial charge in [-0.2, -0.15) is 5.26 Å². The lowest BCUT2D eigenvalue weighted by atomic mass is 9.82. The van der Waals surface area contributed by atoms with Gasteiger partial charge in [-0.1, -0.05) is 18.2 Å². The van der Waals surface area contributed by atoms with E-state index in [1.54, 1.807) is 48.4 Å². The van der Waals surface area contributed by atoms with Gasteiger partial charge >= 0.3 is 0 Å². The number of ether oxygens (including phenoxy) is 1. The van der Waals surface area contributed by atoms with Crippen LogP contribution >= 0.6 is 0 Å². The number of rotatable bonds is 2. The number of fused-ring (bicyclic) bond motifs is 1. The van der Waals surface area contributed by atoms with Crippen molar-refractivity contribution in [2.24, 2.45) is 5.41 Å². The normalized spacial score (nSPS) is 21.5. The summed E-state index contributed by atoms with van der Waals surface area (Å²) in [6, 6.07) is 14.4. The minimum Gasteiger partial charge on any atom is -0.496 e. The van der Waals surface area contributed by atoms with Crippen molar-refractivity contribution < 1.29 is 14.3 Å². The molecule has 1 fully saturated rings. The molecule has 1 heterocycles. The maximum absolute atomic E-state index is 13.2. The maximum atomic E-state index is 13.2. The van der Waals surface area contributed by atoms with Crippen LogP contribution in [-0.4, -0.2) is 25.3 Å². The summed E-state index contributed by atoms with van der Waals surface area (Å²) < 4.78 is 5.37. The minimum atomic E-state index is -1.04. The summed E-state index contributed by atoms with van der Waals surface area (Å²) >= 11 is 0.